The van der Waals surface area contributed by atoms with Gasteiger partial charge in [-0.25, -0.2) is 4.99 Å². The number of nitrogens with zero attached hydrogens (tertiary/aromatic N) is 3. The van der Waals surface area contributed by atoms with Crippen molar-refractivity contribution >= 4 is 41.3 Å². The number of nitrogens with one attached hydrogen (secondary N) is 2. The number of thiophene rings is 1. The van der Waals surface area contributed by atoms with Gasteiger partial charge in [-0.15, -0.1) is 35.3 Å². The molecule has 3 rings (SSSR count). The van der Waals surface area contributed by atoms with Gasteiger partial charge in [0.15, 0.2) is 5.96 Å². The number of aliphatic imine (C=N–C) groups is 1. The fourth-order valence-corrected chi connectivity index (χ4v) is 4.71. The van der Waals surface area contributed by atoms with Crippen molar-refractivity contribution in [2.75, 3.05) is 40.3 Å². The Balaban J connectivity index is 0.00000320. The molecule has 0 saturated carbocycles. The number of hydrogen-bond acceptors (Lipinski definition) is 4. The molecule has 0 bridgehead atoms. The molecule has 5 nitrogen and oxygen atoms in total. The molecule has 1 aliphatic rings. The summed E-state index contributed by atoms with van der Waals surface area (Å²) >= 11 is 1.85. The second kappa shape index (κ2) is 13.3. The predicted octanol–water partition coefficient (Wildman–Crippen LogP) is 4.32. The summed E-state index contributed by atoms with van der Waals surface area (Å²) in [6, 6.07) is 13.4. The van der Waals surface area contributed by atoms with Crippen molar-refractivity contribution in [1.82, 2.24) is 20.4 Å². The quantitative estimate of drug-likeness (QED) is 0.282. The molecular formula is C23H36IN5S. The molecule has 2 N–H and O–H groups in total. The second-order valence-electron chi connectivity index (χ2n) is 7.86. The lowest BCUT2D eigenvalue weighted by molar-refractivity contribution is 0.249. The van der Waals surface area contributed by atoms with Crippen LogP contribution in [0.2, 0.25) is 0 Å². The van der Waals surface area contributed by atoms with Crippen LogP contribution in [0.15, 0.2) is 46.8 Å². The van der Waals surface area contributed by atoms with Crippen LogP contribution in [0.25, 0.3) is 0 Å². The van der Waals surface area contributed by atoms with E-state index in [9.17, 15) is 0 Å². The summed E-state index contributed by atoms with van der Waals surface area (Å²) < 4.78 is 0. The summed E-state index contributed by atoms with van der Waals surface area (Å²) in [6.45, 7) is 7.86. The standard InChI is InChI=1S/C23H35N5S.HI/c1-4-24-23(25-16-19-10-5-6-11-20(19)18-27(2)3)26-17-21(22-12-9-15-29-22)28-13-7-8-14-28;/h5-6,9-12,15,21H,4,7-8,13-14,16-18H2,1-3H3,(H2,24,25,26);1H. The zero-order valence-electron chi connectivity index (χ0n) is 18.4. The van der Waals surface area contributed by atoms with Crippen molar-refractivity contribution in [2.24, 2.45) is 4.99 Å². The average Bonchev–Trinajstić information content (AvgIpc) is 3.41. The number of rotatable bonds is 9. The van der Waals surface area contributed by atoms with E-state index in [1.54, 1.807) is 0 Å². The molecule has 1 saturated heterocycles. The molecule has 2 heterocycles. The Morgan fingerprint density at radius 3 is 2.47 bits per heavy atom. The third-order valence-corrected chi connectivity index (χ3v) is 6.25. The predicted molar refractivity (Wildman–Crippen MR) is 140 cm³/mol. The molecule has 30 heavy (non-hydrogen) atoms. The highest BCUT2D eigenvalue weighted by atomic mass is 127. The molecule has 1 atom stereocenters. The summed E-state index contributed by atoms with van der Waals surface area (Å²) in [5, 5.41) is 9.21. The molecule has 1 fully saturated rings. The van der Waals surface area contributed by atoms with Crippen molar-refractivity contribution in [3.8, 4) is 0 Å². The monoisotopic (exact) mass is 541 g/mol. The lowest BCUT2D eigenvalue weighted by Crippen LogP contribution is -2.42. The maximum atomic E-state index is 4.89. The third kappa shape index (κ3) is 7.51. The topological polar surface area (TPSA) is 42.9 Å². The highest BCUT2D eigenvalue weighted by Crippen LogP contribution is 2.27. The first-order chi connectivity index (χ1) is 14.2. The lowest BCUT2D eigenvalue weighted by Gasteiger charge is -2.27. The van der Waals surface area contributed by atoms with Crippen LogP contribution in [0.1, 0.15) is 41.8 Å². The van der Waals surface area contributed by atoms with Gasteiger partial charge in [0.1, 0.15) is 0 Å². The summed E-state index contributed by atoms with van der Waals surface area (Å²) in [5.74, 6) is 0.896. The highest BCUT2D eigenvalue weighted by Gasteiger charge is 2.24. The summed E-state index contributed by atoms with van der Waals surface area (Å²) in [5.41, 5.74) is 2.62. The molecule has 0 amide bonds. The van der Waals surface area contributed by atoms with E-state index in [1.165, 1.54) is 41.9 Å². The van der Waals surface area contributed by atoms with Gasteiger partial charge < -0.3 is 15.5 Å². The number of guanidine groups is 1. The molecule has 0 spiro atoms. The Bertz CT molecular complexity index is 757. The minimum absolute atomic E-state index is 0. The van der Waals surface area contributed by atoms with Crippen molar-refractivity contribution in [2.45, 2.75) is 38.9 Å². The van der Waals surface area contributed by atoms with E-state index in [2.05, 4.69) is 83.2 Å². The summed E-state index contributed by atoms with van der Waals surface area (Å²) in [4.78, 5) is 11.1. The summed E-state index contributed by atoms with van der Waals surface area (Å²) in [7, 11) is 4.21. The van der Waals surface area contributed by atoms with E-state index in [1.807, 2.05) is 11.3 Å². The lowest BCUT2D eigenvalue weighted by atomic mass is 10.1. The van der Waals surface area contributed by atoms with Gasteiger partial charge in [-0.3, -0.25) is 4.90 Å². The molecule has 0 aliphatic carbocycles. The van der Waals surface area contributed by atoms with Gasteiger partial charge in [0.25, 0.3) is 0 Å². The molecule has 1 aliphatic heterocycles. The second-order valence-corrected chi connectivity index (χ2v) is 8.84. The Labute approximate surface area is 203 Å². The Morgan fingerprint density at radius 1 is 1.10 bits per heavy atom. The van der Waals surface area contributed by atoms with Crippen LogP contribution < -0.4 is 10.6 Å². The fourth-order valence-electron chi connectivity index (χ4n) is 3.85. The van der Waals surface area contributed by atoms with Gasteiger partial charge in [-0.2, -0.15) is 0 Å². The number of benzene rings is 1. The largest absolute Gasteiger partial charge is 0.357 e. The first kappa shape index (κ1) is 25.1. The Kier molecular flexibility index (Phi) is 11.1. The molecule has 7 heteroatoms. The van der Waals surface area contributed by atoms with Gasteiger partial charge in [-0.05, 0) is 69.5 Å². The molecular weight excluding hydrogens is 505 g/mol. The Morgan fingerprint density at radius 2 is 1.83 bits per heavy atom. The van der Waals surface area contributed by atoms with Crippen molar-refractivity contribution in [1.29, 1.82) is 0 Å². The minimum Gasteiger partial charge on any atom is -0.357 e. The SMILES string of the molecule is CCNC(=NCc1ccccc1CN(C)C)NCC(c1cccs1)N1CCCC1.I. The number of likely N-dealkylation sites (tertiary alicyclic amines) is 1. The maximum Gasteiger partial charge on any atom is 0.191 e. The van der Waals surface area contributed by atoms with E-state index >= 15 is 0 Å². The van der Waals surface area contributed by atoms with Crippen LogP contribution in [0.4, 0.5) is 0 Å². The number of halogens is 1. The summed E-state index contributed by atoms with van der Waals surface area (Å²) in [6.07, 6.45) is 2.61. The van der Waals surface area contributed by atoms with E-state index in [0.717, 1.165) is 25.6 Å². The van der Waals surface area contributed by atoms with Gasteiger partial charge in [0, 0.05) is 24.5 Å². The Hall–Kier alpha value is -1.16. The molecule has 166 valence electrons. The maximum absolute atomic E-state index is 4.89. The fraction of sp³-hybridized carbons (Fsp3) is 0.522. The van der Waals surface area contributed by atoms with Crippen molar-refractivity contribution in [3.63, 3.8) is 0 Å². The van der Waals surface area contributed by atoms with E-state index in [0.29, 0.717) is 12.6 Å². The minimum atomic E-state index is 0. The zero-order valence-corrected chi connectivity index (χ0v) is 21.6. The van der Waals surface area contributed by atoms with Crippen LogP contribution in [0, 0.1) is 0 Å². The first-order valence-electron chi connectivity index (χ1n) is 10.7. The van der Waals surface area contributed by atoms with Gasteiger partial charge in [-0.1, -0.05) is 30.3 Å². The molecule has 1 unspecified atom stereocenters. The van der Waals surface area contributed by atoms with Crippen LogP contribution >= 0.6 is 35.3 Å². The van der Waals surface area contributed by atoms with Gasteiger partial charge in [0.2, 0.25) is 0 Å². The van der Waals surface area contributed by atoms with Crippen molar-refractivity contribution in [3.05, 3.63) is 57.8 Å². The van der Waals surface area contributed by atoms with E-state index < -0.39 is 0 Å². The van der Waals surface area contributed by atoms with Crippen LogP contribution in [-0.2, 0) is 13.1 Å². The third-order valence-electron chi connectivity index (χ3n) is 5.27. The van der Waals surface area contributed by atoms with E-state index in [4.69, 9.17) is 4.99 Å². The first-order valence-corrected chi connectivity index (χ1v) is 11.6. The van der Waals surface area contributed by atoms with Crippen LogP contribution in [0.5, 0.6) is 0 Å². The number of hydrogen-bond donors (Lipinski definition) is 2. The molecule has 1 aromatic carbocycles. The molecule has 1 aromatic heterocycles. The highest BCUT2D eigenvalue weighted by molar-refractivity contribution is 14.0. The average molecular weight is 542 g/mol. The van der Waals surface area contributed by atoms with Crippen LogP contribution in [-0.4, -0.2) is 56.0 Å². The zero-order chi connectivity index (χ0) is 20.5. The normalized spacial score (nSPS) is 15.8. The van der Waals surface area contributed by atoms with E-state index in [-0.39, 0.29) is 24.0 Å². The van der Waals surface area contributed by atoms with Gasteiger partial charge in [0.05, 0.1) is 12.6 Å². The van der Waals surface area contributed by atoms with Crippen LogP contribution in [0.3, 0.4) is 0 Å². The van der Waals surface area contributed by atoms with Crippen molar-refractivity contribution < 1.29 is 0 Å². The smallest absolute Gasteiger partial charge is 0.191 e. The molecule has 0 radical (unpaired) electrons. The molecule has 2 aromatic rings. The van der Waals surface area contributed by atoms with Gasteiger partial charge >= 0.3 is 0 Å².